The van der Waals surface area contributed by atoms with Crippen LogP contribution < -0.4 is 5.32 Å². The minimum Gasteiger partial charge on any atom is -0.411 e. The molecule has 0 saturated carbocycles. The van der Waals surface area contributed by atoms with Crippen LogP contribution in [0.5, 0.6) is 0 Å². The normalized spacial score (nSPS) is 11.6. The van der Waals surface area contributed by atoms with Crippen LogP contribution in [0.4, 0.5) is 5.13 Å². The molecule has 0 aliphatic carbocycles. The van der Waals surface area contributed by atoms with Crippen LogP contribution in [0.3, 0.4) is 0 Å². The van der Waals surface area contributed by atoms with Crippen molar-refractivity contribution >= 4 is 39.4 Å². The first-order valence-corrected chi connectivity index (χ1v) is 7.24. The van der Waals surface area contributed by atoms with Gasteiger partial charge in [-0.1, -0.05) is 5.16 Å². The Labute approximate surface area is 118 Å². The van der Waals surface area contributed by atoms with Gasteiger partial charge in [-0.05, 0) is 32.4 Å². The number of thiazole rings is 1. The Morgan fingerprint density at radius 3 is 2.79 bits per heavy atom. The summed E-state index contributed by atoms with van der Waals surface area (Å²) in [5, 5.41) is 16.7. The lowest BCUT2D eigenvalue weighted by Gasteiger charge is -1.97. The van der Waals surface area contributed by atoms with Crippen LogP contribution in [0, 0.1) is 13.8 Å². The Balaban J connectivity index is 2.13. The van der Waals surface area contributed by atoms with Crippen LogP contribution in [0.1, 0.15) is 32.7 Å². The monoisotopic (exact) mass is 295 g/mol. The van der Waals surface area contributed by atoms with Gasteiger partial charge in [0.1, 0.15) is 11.4 Å². The highest BCUT2D eigenvalue weighted by atomic mass is 32.1. The standard InChI is InChI=1S/C12H13N3O2S2/c1-6-4-10(19-8(6)3)11(16)14-12-13-9(5-18-12)7(2)15-17/h4-5,17H,1-3H3,(H,13,14,16). The molecule has 100 valence electrons. The van der Waals surface area contributed by atoms with Crippen LogP contribution in [-0.4, -0.2) is 21.8 Å². The average molecular weight is 295 g/mol. The van der Waals surface area contributed by atoms with Crippen LogP contribution in [0.25, 0.3) is 0 Å². The Bertz CT molecular complexity index is 624. The predicted molar refractivity (Wildman–Crippen MR) is 77.9 cm³/mol. The molecule has 0 aliphatic rings. The molecule has 5 nitrogen and oxygen atoms in total. The van der Waals surface area contributed by atoms with Gasteiger partial charge in [0.2, 0.25) is 0 Å². The highest BCUT2D eigenvalue weighted by molar-refractivity contribution is 7.15. The lowest BCUT2D eigenvalue weighted by molar-refractivity contribution is 0.103. The Morgan fingerprint density at radius 2 is 2.21 bits per heavy atom. The number of rotatable bonds is 3. The average Bonchev–Trinajstić information content (AvgIpc) is 2.97. The molecule has 2 rings (SSSR count). The van der Waals surface area contributed by atoms with E-state index in [0.29, 0.717) is 21.4 Å². The molecular formula is C12H13N3O2S2. The van der Waals surface area contributed by atoms with E-state index in [4.69, 9.17) is 5.21 Å². The second-order valence-electron chi connectivity index (χ2n) is 4.03. The smallest absolute Gasteiger partial charge is 0.267 e. The van der Waals surface area contributed by atoms with E-state index < -0.39 is 0 Å². The van der Waals surface area contributed by atoms with E-state index in [1.807, 2.05) is 19.9 Å². The number of aryl methyl sites for hydroxylation is 2. The number of aromatic nitrogens is 1. The first kappa shape index (κ1) is 13.7. The van der Waals surface area contributed by atoms with Gasteiger partial charge in [0, 0.05) is 10.3 Å². The van der Waals surface area contributed by atoms with Gasteiger partial charge in [-0.2, -0.15) is 0 Å². The maximum absolute atomic E-state index is 12.0. The number of amides is 1. The van der Waals surface area contributed by atoms with E-state index in [9.17, 15) is 4.79 Å². The summed E-state index contributed by atoms with van der Waals surface area (Å²) in [7, 11) is 0. The fourth-order valence-electron chi connectivity index (χ4n) is 1.39. The van der Waals surface area contributed by atoms with Gasteiger partial charge in [-0.15, -0.1) is 22.7 Å². The second-order valence-corrected chi connectivity index (χ2v) is 6.14. The molecule has 0 atom stereocenters. The van der Waals surface area contributed by atoms with Crippen molar-refractivity contribution in [2.24, 2.45) is 5.16 Å². The van der Waals surface area contributed by atoms with E-state index in [-0.39, 0.29) is 5.91 Å². The number of thiophene rings is 1. The maximum atomic E-state index is 12.0. The summed E-state index contributed by atoms with van der Waals surface area (Å²) >= 11 is 2.76. The lowest BCUT2D eigenvalue weighted by Crippen LogP contribution is -2.10. The van der Waals surface area contributed by atoms with Crippen molar-refractivity contribution in [1.82, 2.24) is 4.98 Å². The van der Waals surface area contributed by atoms with Crippen molar-refractivity contribution in [2.45, 2.75) is 20.8 Å². The Morgan fingerprint density at radius 1 is 1.47 bits per heavy atom. The van der Waals surface area contributed by atoms with Crippen LogP contribution in [0.2, 0.25) is 0 Å². The van der Waals surface area contributed by atoms with Gasteiger partial charge in [0.05, 0.1) is 4.88 Å². The first-order valence-electron chi connectivity index (χ1n) is 5.54. The number of oxime groups is 1. The summed E-state index contributed by atoms with van der Waals surface area (Å²) in [5.41, 5.74) is 2.08. The SMILES string of the molecule is CC(=NO)c1csc(NC(=O)c2cc(C)c(C)s2)n1. The number of anilines is 1. The molecule has 0 saturated heterocycles. The number of carbonyl (C=O) groups excluding carboxylic acids is 1. The van der Waals surface area contributed by atoms with Gasteiger partial charge >= 0.3 is 0 Å². The van der Waals surface area contributed by atoms with Gasteiger partial charge in [0.25, 0.3) is 5.91 Å². The summed E-state index contributed by atoms with van der Waals surface area (Å²) < 4.78 is 0. The molecule has 0 radical (unpaired) electrons. The van der Waals surface area contributed by atoms with Gasteiger partial charge in [-0.3, -0.25) is 10.1 Å². The largest absolute Gasteiger partial charge is 0.411 e. The summed E-state index contributed by atoms with van der Waals surface area (Å²) in [6.07, 6.45) is 0. The van der Waals surface area contributed by atoms with Crippen molar-refractivity contribution in [3.8, 4) is 0 Å². The van der Waals surface area contributed by atoms with Gasteiger partial charge in [0.15, 0.2) is 5.13 Å². The molecule has 0 unspecified atom stereocenters. The predicted octanol–water partition coefficient (Wildman–Crippen LogP) is 3.27. The number of carbonyl (C=O) groups is 1. The lowest BCUT2D eigenvalue weighted by atomic mass is 10.3. The Kier molecular flexibility index (Phi) is 3.96. The zero-order chi connectivity index (χ0) is 14.0. The summed E-state index contributed by atoms with van der Waals surface area (Å²) in [6, 6.07) is 1.87. The molecule has 0 aliphatic heterocycles. The molecule has 0 spiro atoms. The number of nitrogens with one attached hydrogen (secondary N) is 1. The van der Waals surface area contributed by atoms with Crippen molar-refractivity contribution < 1.29 is 10.0 Å². The topological polar surface area (TPSA) is 74.6 Å². The summed E-state index contributed by atoms with van der Waals surface area (Å²) in [4.78, 5) is 18.0. The maximum Gasteiger partial charge on any atom is 0.267 e. The second kappa shape index (κ2) is 5.50. The third kappa shape index (κ3) is 2.99. The minimum absolute atomic E-state index is 0.166. The fraction of sp³-hybridized carbons (Fsp3) is 0.250. The number of nitrogens with zero attached hydrogens (tertiary/aromatic N) is 2. The van der Waals surface area contributed by atoms with E-state index >= 15 is 0 Å². The van der Waals surface area contributed by atoms with Crippen molar-refractivity contribution in [2.75, 3.05) is 5.32 Å². The quantitative estimate of drug-likeness (QED) is 0.518. The highest BCUT2D eigenvalue weighted by Gasteiger charge is 2.13. The minimum atomic E-state index is -0.166. The highest BCUT2D eigenvalue weighted by Crippen LogP contribution is 2.23. The summed E-state index contributed by atoms with van der Waals surface area (Å²) in [5.74, 6) is -0.166. The fourth-order valence-corrected chi connectivity index (χ4v) is 3.07. The third-order valence-corrected chi connectivity index (χ3v) is 4.54. The molecule has 2 aromatic heterocycles. The van der Waals surface area contributed by atoms with Crippen LogP contribution >= 0.6 is 22.7 Å². The van der Waals surface area contributed by atoms with E-state index in [2.05, 4.69) is 15.5 Å². The molecular weight excluding hydrogens is 282 g/mol. The summed E-state index contributed by atoms with van der Waals surface area (Å²) in [6.45, 7) is 5.61. The molecule has 2 aromatic rings. The van der Waals surface area contributed by atoms with Gasteiger partial charge in [-0.25, -0.2) is 4.98 Å². The van der Waals surface area contributed by atoms with E-state index in [1.54, 1.807) is 12.3 Å². The van der Waals surface area contributed by atoms with Gasteiger partial charge < -0.3 is 5.21 Å². The first-order chi connectivity index (χ1) is 9.01. The molecule has 19 heavy (non-hydrogen) atoms. The molecule has 0 fully saturated rings. The zero-order valence-electron chi connectivity index (χ0n) is 10.7. The van der Waals surface area contributed by atoms with Crippen molar-refractivity contribution in [3.05, 3.63) is 32.5 Å². The zero-order valence-corrected chi connectivity index (χ0v) is 12.4. The molecule has 1 amide bonds. The molecule has 0 aromatic carbocycles. The molecule has 2 N–H and O–H groups in total. The van der Waals surface area contributed by atoms with Crippen molar-refractivity contribution in [1.29, 1.82) is 0 Å². The molecule has 2 heterocycles. The Hall–Kier alpha value is -1.73. The van der Waals surface area contributed by atoms with Crippen LogP contribution in [-0.2, 0) is 0 Å². The molecule has 0 bridgehead atoms. The third-order valence-electron chi connectivity index (χ3n) is 2.64. The molecule has 7 heteroatoms. The van der Waals surface area contributed by atoms with Crippen molar-refractivity contribution in [3.63, 3.8) is 0 Å². The van der Waals surface area contributed by atoms with E-state index in [1.165, 1.54) is 22.7 Å². The van der Waals surface area contributed by atoms with Crippen LogP contribution in [0.15, 0.2) is 16.6 Å². The van der Waals surface area contributed by atoms with E-state index in [0.717, 1.165) is 10.4 Å². The number of hydrogen-bond donors (Lipinski definition) is 2. The number of hydrogen-bond acceptors (Lipinski definition) is 6.